The zero-order chi connectivity index (χ0) is 13.7. The molecule has 0 aliphatic carbocycles. The van der Waals surface area contributed by atoms with Gasteiger partial charge < -0.3 is 10.2 Å². The van der Waals surface area contributed by atoms with Crippen LogP contribution in [0.15, 0.2) is 14.3 Å². The molecule has 1 aliphatic rings. The van der Waals surface area contributed by atoms with Crippen molar-refractivity contribution in [3.8, 4) is 0 Å². The minimum Gasteiger partial charge on any atom is -0.312 e. The standard InChI is InChI=1S/C14H22Br2N2S/c1-11-5-2-3-7-18(11)8-4-6-17-10-12-9-13(15)14(16)19-12/h9,11,17H,2-8,10H2,1H3. The van der Waals surface area contributed by atoms with E-state index in [1.807, 2.05) is 0 Å². The van der Waals surface area contributed by atoms with Gasteiger partial charge in [0, 0.05) is 21.9 Å². The molecule has 2 heterocycles. The van der Waals surface area contributed by atoms with E-state index in [0.717, 1.165) is 23.6 Å². The molecule has 5 heteroatoms. The minimum absolute atomic E-state index is 0.790. The van der Waals surface area contributed by atoms with Crippen LogP contribution in [0, 0.1) is 0 Å². The van der Waals surface area contributed by atoms with Gasteiger partial charge in [0.1, 0.15) is 0 Å². The first-order valence-electron chi connectivity index (χ1n) is 7.05. The van der Waals surface area contributed by atoms with E-state index in [-0.39, 0.29) is 0 Å². The number of hydrogen-bond donors (Lipinski definition) is 1. The average Bonchev–Trinajstić information content (AvgIpc) is 2.70. The lowest BCUT2D eigenvalue weighted by molar-refractivity contribution is 0.159. The highest BCUT2D eigenvalue weighted by atomic mass is 79.9. The summed E-state index contributed by atoms with van der Waals surface area (Å²) in [5, 5.41) is 3.54. The Bertz CT molecular complexity index is 375. The maximum atomic E-state index is 3.54. The van der Waals surface area contributed by atoms with Crippen molar-refractivity contribution in [2.45, 2.75) is 45.2 Å². The Morgan fingerprint density at radius 3 is 2.95 bits per heavy atom. The molecule has 0 aromatic carbocycles. The quantitative estimate of drug-likeness (QED) is 0.689. The van der Waals surface area contributed by atoms with Crippen LogP contribution < -0.4 is 5.32 Å². The van der Waals surface area contributed by atoms with Gasteiger partial charge in [-0.2, -0.15) is 0 Å². The van der Waals surface area contributed by atoms with E-state index in [1.54, 1.807) is 11.3 Å². The average molecular weight is 410 g/mol. The van der Waals surface area contributed by atoms with Gasteiger partial charge in [0.2, 0.25) is 0 Å². The Hall–Kier alpha value is 0.580. The molecule has 1 atom stereocenters. The Balaban J connectivity index is 1.59. The van der Waals surface area contributed by atoms with Gasteiger partial charge in [0.15, 0.2) is 0 Å². The van der Waals surface area contributed by atoms with Gasteiger partial charge in [-0.25, -0.2) is 0 Å². The Morgan fingerprint density at radius 2 is 2.26 bits per heavy atom. The summed E-state index contributed by atoms with van der Waals surface area (Å²) in [6.45, 7) is 6.99. The predicted octanol–water partition coefficient (Wildman–Crippen LogP) is 4.63. The Morgan fingerprint density at radius 1 is 1.42 bits per heavy atom. The number of rotatable bonds is 6. The fourth-order valence-corrected chi connectivity index (χ4v) is 4.73. The van der Waals surface area contributed by atoms with Crippen LogP contribution in [0.3, 0.4) is 0 Å². The lowest BCUT2D eigenvalue weighted by Gasteiger charge is -2.33. The number of piperidine rings is 1. The number of hydrogen-bond acceptors (Lipinski definition) is 3. The van der Waals surface area contributed by atoms with E-state index in [2.05, 4.69) is 55.1 Å². The Labute approximate surface area is 137 Å². The lowest BCUT2D eigenvalue weighted by atomic mass is 10.0. The molecule has 2 nitrogen and oxygen atoms in total. The summed E-state index contributed by atoms with van der Waals surface area (Å²) in [4.78, 5) is 4.02. The maximum absolute atomic E-state index is 3.54. The van der Waals surface area contributed by atoms with E-state index < -0.39 is 0 Å². The van der Waals surface area contributed by atoms with Gasteiger partial charge in [-0.05, 0) is 83.7 Å². The van der Waals surface area contributed by atoms with Crippen molar-refractivity contribution in [3.05, 3.63) is 19.2 Å². The van der Waals surface area contributed by atoms with Crippen LogP contribution in [0.2, 0.25) is 0 Å². The van der Waals surface area contributed by atoms with E-state index in [1.165, 1.54) is 47.4 Å². The van der Waals surface area contributed by atoms with Gasteiger partial charge in [-0.3, -0.25) is 0 Å². The highest BCUT2D eigenvalue weighted by Crippen LogP contribution is 2.32. The van der Waals surface area contributed by atoms with E-state index in [4.69, 9.17) is 0 Å². The molecule has 0 bridgehead atoms. The van der Waals surface area contributed by atoms with E-state index >= 15 is 0 Å². The van der Waals surface area contributed by atoms with Crippen molar-refractivity contribution in [3.63, 3.8) is 0 Å². The molecule has 1 N–H and O–H groups in total. The SMILES string of the molecule is CC1CCCCN1CCCNCc1cc(Br)c(Br)s1. The summed E-state index contributed by atoms with van der Waals surface area (Å²) in [7, 11) is 0. The maximum Gasteiger partial charge on any atom is 0.0843 e. The highest BCUT2D eigenvalue weighted by Gasteiger charge is 2.16. The number of likely N-dealkylation sites (tertiary alicyclic amines) is 1. The lowest BCUT2D eigenvalue weighted by Crippen LogP contribution is -2.38. The molecule has 0 saturated carbocycles. The molecular weight excluding hydrogens is 388 g/mol. The van der Waals surface area contributed by atoms with E-state index in [9.17, 15) is 0 Å². The monoisotopic (exact) mass is 408 g/mol. The summed E-state index contributed by atoms with van der Waals surface area (Å²) < 4.78 is 2.35. The summed E-state index contributed by atoms with van der Waals surface area (Å²) in [5.74, 6) is 0. The minimum atomic E-state index is 0.790. The molecule has 1 unspecified atom stereocenters. The normalized spacial score (nSPS) is 20.9. The van der Waals surface area contributed by atoms with Crippen LogP contribution >= 0.6 is 43.2 Å². The number of nitrogens with zero attached hydrogens (tertiary/aromatic N) is 1. The van der Waals surface area contributed by atoms with Crippen molar-refractivity contribution in [2.24, 2.45) is 0 Å². The molecule has 1 aromatic heterocycles. The summed E-state index contributed by atoms with van der Waals surface area (Å²) in [6, 6.07) is 2.98. The summed E-state index contributed by atoms with van der Waals surface area (Å²) >= 11 is 8.86. The third-order valence-electron chi connectivity index (χ3n) is 3.73. The smallest absolute Gasteiger partial charge is 0.0843 e. The number of thiophene rings is 1. The molecule has 0 radical (unpaired) electrons. The van der Waals surface area contributed by atoms with E-state index in [0.29, 0.717) is 0 Å². The van der Waals surface area contributed by atoms with Gasteiger partial charge in [-0.15, -0.1) is 11.3 Å². The largest absolute Gasteiger partial charge is 0.312 e. The third-order valence-corrected chi connectivity index (χ3v) is 6.99. The zero-order valence-corrected chi connectivity index (χ0v) is 15.4. The van der Waals surface area contributed by atoms with Crippen LogP contribution in [0.5, 0.6) is 0 Å². The van der Waals surface area contributed by atoms with Gasteiger partial charge in [0.05, 0.1) is 3.79 Å². The van der Waals surface area contributed by atoms with Crippen LogP contribution in [0.1, 0.15) is 37.5 Å². The molecular formula is C14H22Br2N2S. The topological polar surface area (TPSA) is 15.3 Å². The predicted molar refractivity (Wildman–Crippen MR) is 90.9 cm³/mol. The second-order valence-electron chi connectivity index (χ2n) is 5.25. The first kappa shape index (κ1) is 16.0. The second-order valence-corrected chi connectivity index (χ2v) is 8.55. The molecule has 1 aromatic rings. The molecule has 2 rings (SSSR count). The van der Waals surface area contributed by atoms with Gasteiger partial charge in [0.25, 0.3) is 0 Å². The molecule has 0 spiro atoms. The molecule has 1 aliphatic heterocycles. The number of halogens is 2. The second kappa shape index (κ2) is 8.13. The molecule has 1 fully saturated rings. The van der Waals surface area contributed by atoms with Crippen molar-refractivity contribution < 1.29 is 0 Å². The molecule has 0 amide bonds. The molecule has 108 valence electrons. The zero-order valence-electron chi connectivity index (χ0n) is 11.4. The van der Waals surface area contributed by atoms with Crippen molar-refractivity contribution in [1.29, 1.82) is 0 Å². The third kappa shape index (κ3) is 5.12. The fraction of sp³-hybridized carbons (Fsp3) is 0.714. The summed E-state index contributed by atoms with van der Waals surface area (Å²) in [5.41, 5.74) is 0. The van der Waals surface area contributed by atoms with Crippen molar-refractivity contribution in [1.82, 2.24) is 10.2 Å². The van der Waals surface area contributed by atoms with Crippen LogP contribution in [0.25, 0.3) is 0 Å². The van der Waals surface area contributed by atoms with Crippen LogP contribution in [0.4, 0.5) is 0 Å². The van der Waals surface area contributed by atoms with Crippen LogP contribution in [-0.4, -0.2) is 30.6 Å². The first-order valence-corrected chi connectivity index (χ1v) is 9.45. The Kier molecular flexibility index (Phi) is 6.83. The van der Waals surface area contributed by atoms with Gasteiger partial charge in [-0.1, -0.05) is 6.42 Å². The summed E-state index contributed by atoms with van der Waals surface area (Å²) in [6.07, 6.45) is 5.43. The van der Waals surface area contributed by atoms with Crippen molar-refractivity contribution in [2.75, 3.05) is 19.6 Å². The number of nitrogens with one attached hydrogen (secondary N) is 1. The highest BCUT2D eigenvalue weighted by molar-refractivity contribution is 9.13. The molecule has 19 heavy (non-hydrogen) atoms. The fourth-order valence-electron chi connectivity index (χ4n) is 2.59. The van der Waals surface area contributed by atoms with Crippen molar-refractivity contribution >= 4 is 43.2 Å². The first-order chi connectivity index (χ1) is 9.16. The van der Waals surface area contributed by atoms with Gasteiger partial charge >= 0.3 is 0 Å². The van der Waals surface area contributed by atoms with Crippen LogP contribution in [-0.2, 0) is 6.54 Å². The molecule has 1 saturated heterocycles.